The Balaban J connectivity index is 1.27. The Morgan fingerprint density at radius 1 is 1.21 bits per heavy atom. The van der Waals surface area contributed by atoms with Gasteiger partial charge in [-0.1, -0.05) is 6.07 Å². The largest absolute Gasteiger partial charge is 0.352 e. The van der Waals surface area contributed by atoms with Crippen molar-refractivity contribution in [3.8, 4) is 6.07 Å². The monoisotopic (exact) mass is 463 g/mol. The molecule has 2 saturated heterocycles. The Labute approximate surface area is 201 Å². The van der Waals surface area contributed by atoms with Crippen molar-refractivity contribution in [3.63, 3.8) is 0 Å². The highest BCUT2D eigenvalue weighted by molar-refractivity contribution is 5.60. The van der Waals surface area contributed by atoms with Crippen LogP contribution in [0.5, 0.6) is 0 Å². The zero-order valence-electron chi connectivity index (χ0n) is 20.2. The molecule has 0 atom stereocenters. The first-order valence-electron chi connectivity index (χ1n) is 12.3. The summed E-state index contributed by atoms with van der Waals surface area (Å²) in [5.74, 6) is 2.00. The van der Waals surface area contributed by atoms with E-state index in [1.54, 1.807) is 0 Å². The van der Waals surface area contributed by atoms with E-state index in [2.05, 4.69) is 56.3 Å². The molecular formula is C26H34FN7. The van der Waals surface area contributed by atoms with Crippen LogP contribution in [0.25, 0.3) is 0 Å². The number of likely N-dealkylation sites (tertiary alicyclic amines) is 1. The normalized spacial score (nSPS) is 20.6. The third kappa shape index (κ3) is 4.47. The highest BCUT2D eigenvalue weighted by Crippen LogP contribution is 2.38. The third-order valence-electron chi connectivity index (χ3n) is 7.77. The van der Waals surface area contributed by atoms with Gasteiger partial charge in [-0.2, -0.15) is 10.2 Å². The third-order valence-corrected chi connectivity index (χ3v) is 7.77. The summed E-state index contributed by atoms with van der Waals surface area (Å²) < 4.78 is 12.7. The van der Waals surface area contributed by atoms with Gasteiger partial charge in [-0.15, -0.1) is 0 Å². The van der Waals surface area contributed by atoms with Gasteiger partial charge in [0.2, 0.25) is 5.95 Å². The summed E-state index contributed by atoms with van der Waals surface area (Å²) in [5.41, 5.74) is 4.63. The number of piperidine rings is 1. The summed E-state index contributed by atoms with van der Waals surface area (Å²) in [5, 5.41) is 12.9. The molecule has 3 aliphatic rings. The molecule has 1 aromatic heterocycles. The molecule has 4 heterocycles. The molecule has 34 heavy (non-hydrogen) atoms. The number of aryl methyl sites for hydroxylation is 1. The Kier molecular flexibility index (Phi) is 6.41. The van der Waals surface area contributed by atoms with Crippen LogP contribution in [0.15, 0.2) is 24.4 Å². The number of benzene rings is 1. The van der Waals surface area contributed by atoms with E-state index < -0.39 is 0 Å². The van der Waals surface area contributed by atoms with Crippen LogP contribution < -0.4 is 10.2 Å². The molecule has 5 rings (SSSR count). The van der Waals surface area contributed by atoms with Crippen molar-refractivity contribution in [2.45, 2.75) is 51.2 Å². The zero-order chi connectivity index (χ0) is 23.7. The van der Waals surface area contributed by atoms with Crippen LogP contribution in [0.4, 0.5) is 21.8 Å². The Bertz CT molecular complexity index is 1070. The number of nitrogens with one attached hydrogen (secondary N) is 1. The SMILES string of the molecule is Cc1cnc(Nc2ccc3c(c2)CN(C)C3)nc1N1CC(CC#N)(N2CCC(CCF)CC2)C1. The van der Waals surface area contributed by atoms with Gasteiger partial charge in [0.05, 0.1) is 24.7 Å². The number of halogens is 1. The average Bonchev–Trinajstić information content (AvgIpc) is 3.18. The van der Waals surface area contributed by atoms with Gasteiger partial charge in [0.1, 0.15) is 5.82 Å². The second kappa shape index (κ2) is 9.47. The molecule has 8 heteroatoms. The summed E-state index contributed by atoms with van der Waals surface area (Å²) in [7, 11) is 2.13. The summed E-state index contributed by atoms with van der Waals surface area (Å²) in [6, 6.07) is 8.88. The predicted molar refractivity (Wildman–Crippen MR) is 132 cm³/mol. The molecule has 180 valence electrons. The smallest absolute Gasteiger partial charge is 0.229 e. The topological polar surface area (TPSA) is 71.3 Å². The maximum Gasteiger partial charge on any atom is 0.229 e. The van der Waals surface area contributed by atoms with Gasteiger partial charge in [-0.25, -0.2) is 4.98 Å². The van der Waals surface area contributed by atoms with Crippen LogP contribution in [0.3, 0.4) is 0 Å². The highest BCUT2D eigenvalue weighted by atomic mass is 19.1. The minimum atomic E-state index is -0.229. The molecule has 0 bridgehead atoms. The van der Waals surface area contributed by atoms with Gasteiger partial charge in [-0.3, -0.25) is 14.2 Å². The Morgan fingerprint density at radius 2 is 1.97 bits per heavy atom. The molecule has 1 N–H and O–H groups in total. The van der Waals surface area contributed by atoms with Crippen molar-refractivity contribution in [1.82, 2.24) is 19.8 Å². The number of nitriles is 1. The van der Waals surface area contributed by atoms with Crippen molar-refractivity contribution in [2.24, 2.45) is 5.92 Å². The van der Waals surface area contributed by atoms with Gasteiger partial charge in [-0.05, 0) is 75.5 Å². The molecular weight excluding hydrogens is 429 g/mol. The minimum Gasteiger partial charge on any atom is -0.352 e. The van der Waals surface area contributed by atoms with E-state index in [-0.39, 0.29) is 12.2 Å². The van der Waals surface area contributed by atoms with Gasteiger partial charge in [0.25, 0.3) is 0 Å². The molecule has 2 fully saturated rings. The Morgan fingerprint density at radius 3 is 2.71 bits per heavy atom. The van der Waals surface area contributed by atoms with E-state index in [4.69, 9.17) is 4.98 Å². The van der Waals surface area contributed by atoms with Crippen LogP contribution in [0, 0.1) is 24.2 Å². The first-order chi connectivity index (χ1) is 16.5. The molecule has 0 saturated carbocycles. The van der Waals surface area contributed by atoms with Crippen LogP contribution in [-0.2, 0) is 13.1 Å². The average molecular weight is 464 g/mol. The fraction of sp³-hybridized carbons (Fsp3) is 0.577. The quantitative estimate of drug-likeness (QED) is 0.665. The van der Waals surface area contributed by atoms with Crippen molar-refractivity contribution < 1.29 is 4.39 Å². The van der Waals surface area contributed by atoms with Gasteiger partial charge in [0, 0.05) is 43.6 Å². The van der Waals surface area contributed by atoms with Crippen LogP contribution >= 0.6 is 0 Å². The van der Waals surface area contributed by atoms with Crippen molar-refractivity contribution in [2.75, 3.05) is 50.1 Å². The molecule has 7 nitrogen and oxygen atoms in total. The van der Waals surface area contributed by atoms with Gasteiger partial charge in [0.15, 0.2) is 0 Å². The standard InChI is InChI=1S/C26H34FN7/c1-19-14-29-25(30-23-4-3-21-15-32(2)16-22(21)13-23)31-24(19)33-17-26(18-33,8-10-28)34-11-6-20(5-9-27)7-12-34/h3-4,13-14,20H,5-9,11-12,15-18H2,1-2H3,(H,29,30,31). The first kappa shape index (κ1) is 23.0. The van der Waals surface area contributed by atoms with Crippen molar-refractivity contribution in [1.29, 1.82) is 5.26 Å². The molecule has 0 spiro atoms. The number of fused-ring (bicyclic) bond motifs is 1. The molecule has 3 aliphatic heterocycles. The fourth-order valence-corrected chi connectivity index (χ4v) is 5.82. The van der Waals surface area contributed by atoms with E-state index in [1.165, 1.54) is 11.1 Å². The Hall–Kier alpha value is -2.76. The van der Waals surface area contributed by atoms with Crippen LogP contribution in [-0.4, -0.2) is 65.2 Å². The molecule has 1 aromatic carbocycles. The number of anilines is 3. The summed E-state index contributed by atoms with van der Waals surface area (Å²) in [6.45, 7) is 7.24. The number of hydrogen-bond donors (Lipinski definition) is 1. The maximum absolute atomic E-state index is 12.7. The number of alkyl halides is 1. The second-order valence-corrected chi connectivity index (χ2v) is 10.3. The minimum absolute atomic E-state index is 0.133. The van der Waals surface area contributed by atoms with E-state index in [0.717, 1.165) is 69.2 Å². The lowest BCUT2D eigenvalue weighted by atomic mass is 9.81. The summed E-state index contributed by atoms with van der Waals surface area (Å²) in [6.07, 6.45) is 5.10. The van der Waals surface area contributed by atoms with Crippen LogP contribution in [0.2, 0.25) is 0 Å². The second-order valence-electron chi connectivity index (χ2n) is 10.3. The molecule has 0 radical (unpaired) electrons. The highest BCUT2D eigenvalue weighted by Gasteiger charge is 2.49. The van der Waals surface area contributed by atoms with E-state index in [1.807, 2.05) is 13.1 Å². The number of nitrogens with zero attached hydrogens (tertiary/aromatic N) is 6. The number of rotatable bonds is 7. The zero-order valence-corrected chi connectivity index (χ0v) is 20.2. The van der Waals surface area contributed by atoms with Crippen molar-refractivity contribution in [3.05, 3.63) is 41.1 Å². The number of aromatic nitrogens is 2. The number of hydrogen-bond acceptors (Lipinski definition) is 7. The lowest BCUT2D eigenvalue weighted by molar-refractivity contribution is 0.0275. The predicted octanol–water partition coefficient (Wildman–Crippen LogP) is 4.02. The maximum atomic E-state index is 12.7. The molecule has 0 amide bonds. The summed E-state index contributed by atoms with van der Waals surface area (Å²) in [4.78, 5) is 16.4. The summed E-state index contributed by atoms with van der Waals surface area (Å²) >= 11 is 0. The lowest BCUT2D eigenvalue weighted by Gasteiger charge is -2.57. The first-order valence-corrected chi connectivity index (χ1v) is 12.3. The van der Waals surface area contributed by atoms with Crippen molar-refractivity contribution >= 4 is 17.5 Å². The van der Waals surface area contributed by atoms with Crippen LogP contribution in [0.1, 0.15) is 42.4 Å². The molecule has 0 unspecified atom stereocenters. The fourth-order valence-electron chi connectivity index (χ4n) is 5.82. The van der Waals surface area contributed by atoms with E-state index >= 15 is 0 Å². The van der Waals surface area contributed by atoms with E-state index in [0.29, 0.717) is 24.7 Å². The lowest BCUT2D eigenvalue weighted by Crippen LogP contribution is -2.71. The molecule has 0 aliphatic carbocycles. The van der Waals surface area contributed by atoms with Gasteiger partial charge >= 0.3 is 0 Å². The van der Waals surface area contributed by atoms with E-state index in [9.17, 15) is 9.65 Å². The van der Waals surface area contributed by atoms with Gasteiger partial charge < -0.3 is 10.2 Å². The molecule has 2 aromatic rings.